The van der Waals surface area contributed by atoms with E-state index in [1.54, 1.807) is 31.4 Å². The first kappa shape index (κ1) is 20.4. The van der Waals surface area contributed by atoms with E-state index in [1.807, 2.05) is 54.6 Å². The van der Waals surface area contributed by atoms with Gasteiger partial charge in [-0.3, -0.25) is 4.79 Å². The summed E-state index contributed by atoms with van der Waals surface area (Å²) >= 11 is 6.85. The summed E-state index contributed by atoms with van der Waals surface area (Å²) in [6.07, 6.45) is 3.37. The summed E-state index contributed by atoms with van der Waals surface area (Å²) in [5.41, 5.74) is 2.44. The number of benzene rings is 3. The molecule has 0 bridgehead atoms. The third-order valence-corrected chi connectivity index (χ3v) is 5.26. The highest BCUT2D eigenvalue weighted by Gasteiger charge is 2.07. The highest BCUT2D eigenvalue weighted by atomic mass is 79.9. The standard InChI is InChI=1S/C23H18Br2O3/c1-27-22-13-7-16(6-12-21(26)17-8-10-19(24)11-9-17)14-18(22)15-28-23-5-3-2-4-20(23)25/h2-14H,15H2,1H3/b12-6+. The zero-order valence-electron chi connectivity index (χ0n) is 15.2. The molecule has 0 aliphatic rings. The third-order valence-electron chi connectivity index (χ3n) is 4.08. The van der Waals surface area contributed by atoms with Crippen LogP contribution in [0.1, 0.15) is 21.5 Å². The summed E-state index contributed by atoms with van der Waals surface area (Å²) in [4.78, 5) is 12.3. The van der Waals surface area contributed by atoms with E-state index in [1.165, 1.54) is 0 Å². The van der Waals surface area contributed by atoms with Crippen molar-refractivity contribution in [3.63, 3.8) is 0 Å². The van der Waals surface area contributed by atoms with Crippen molar-refractivity contribution in [1.82, 2.24) is 0 Å². The van der Waals surface area contributed by atoms with Gasteiger partial charge in [-0.25, -0.2) is 0 Å². The first-order valence-electron chi connectivity index (χ1n) is 8.59. The van der Waals surface area contributed by atoms with Gasteiger partial charge in [0.05, 0.1) is 11.6 Å². The molecule has 3 aromatic rings. The number of carbonyl (C=O) groups is 1. The molecule has 0 amide bonds. The number of carbonyl (C=O) groups excluding carboxylic acids is 1. The SMILES string of the molecule is COc1ccc(/C=C/C(=O)c2ccc(Br)cc2)cc1COc1ccccc1Br. The van der Waals surface area contributed by atoms with Crippen molar-refractivity contribution in [3.8, 4) is 11.5 Å². The minimum absolute atomic E-state index is 0.0469. The van der Waals surface area contributed by atoms with Crippen LogP contribution in [-0.2, 0) is 6.61 Å². The molecule has 0 aliphatic heterocycles. The number of hydrogen-bond donors (Lipinski definition) is 0. The number of hydrogen-bond acceptors (Lipinski definition) is 3. The number of ether oxygens (including phenoxy) is 2. The first-order chi connectivity index (χ1) is 13.6. The van der Waals surface area contributed by atoms with Crippen LogP contribution in [0.3, 0.4) is 0 Å². The minimum Gasteiger partial charge on any atom is -0.496 e. The van der Waals surface area contributed by atoms with Gasteiger partial charge in [0.25, 0.3) is 0 Å². The normalized spacial score (nSPS) is 10.8. The summed E-state index contributed by atoms with van der Waals surface area (Å²) in [6, 6.07) is 20.7. The molecular weight excluding hydrogens is 484 g/mol. The average molecular weight is 502 g/mol. The van der Waals surface area contributed by atoms with E-state index in [-0.39, 0.29) is 5.78 Å². The van der Waals surface area contributed by atoms with Gasteiger partial charge in [0.2, 0.25) is 0 Å². The van der Waals surface area contributed by atoms with Crippen molar-refractivity contribution < 1.29 is 14.3 Å². The number of ketones is 1. The van der Waals surface area contributed by atoms with Crippen LogP contribution in [0.15, 0.2) is 81.8 Å². The van der Waals surface area contributed by atoms with E-state index < -0.39 is 0 Å². The molecular formula is C23H18Br2O3. The number of halogens is 2. The number of rotatable bonds is 7. The summed E-state index contributed by atoms with van der Waals surface area (Å²) in [5.74, 6) is 1.45. The predicted molar refractivity (Wildman–Crippen MR) is 119 cm³/mol. The Morgan fingerprint density at radius 1 is 0.964 bits per heavy atom. The molecule has 0 atom stereocenters. The summed E-state index contributed by atoms with van der Waals surface area (Å²) in [7, 11) is 1.63. The fraction of sp³-hybridized carbons (Fsp3) is 0.0870. The lowest BCUT2D eigenvalue weighted by atomic mass is 10.1. The van der Waals surface area contributed by atoms with Gasteiger partial charge in [-0.05, 0) is 76.1 Å². The van der Waals surface area contributed by atoms with Crippen molar-refractivity contribution in [2.45, 2.75) is 6.61 Å². The maximum Gasteiger partial charge on any atom is 0.185 e. The number of para-hydroxylation sites is 1. The Morgan fingerprint density at radius 2 is 1.71 bits per heavy atom. The van der Waals surface area contributed by atoms with Gasteiger partial charge in [0.1, 0.15) is 18.1 Å². The monoisotopic (exact) mass is 500 g/mol. The molecule has 0 aliphatic carbocycles. The van der Waals surface area contributed by atoms with E-state index in [0.717, 1.165) is 31.6 Å². The van der Waals surface area contributed by atoms with E-state index in [9.17, 15) is 4.79 Å². The highest BCUT2D eigenvalue weighted by Crippen LogP contribution is 2.27. The lowest BCUT2D eigenvalue weighted by Crippen LogP contribution is -2.00. The molecule has 0 unspecified atom stereocenters. The van der Waals surface area contributed by atoms with Crippen LogP contribution in [0.25, 0.3) is 6.08 Å². The van der Waals surface area contributed by atoms with Gasteiger partial charge in [0, 0.05) is 15.6 Å². The lowest BCUT2D eigenvalue weighted by Gasteiger charge is -2.12. The second-order valence-corrected chi connectivity index (χ2v) is 7.76. The van der Waals surface area contributed by atoms with Crippen molar-refractivity contribution in [1.29, 1.82) is 0 Å². The van der Waals surface area contributed by atoms with Gasteiger partial charge in [-0.15, -0.1) is 0 Å². The van der Waals surface area contributed by atoms with Crippen molar-refractivity contribution in [2.75, 3.05) is 7.11 Å². The molecule has 142 valence electrons. The van der Waals surface area contributed by atoms with E-state index in [2.05, 4.69) is 31.9 Å². The van der Waals surface area contributed by atoms with Gasteiger partial charge in [-0.1, -0.05) is 40.2 Å². The summed E-state index contributed by atoms with van der Waals surface area (Å²) < 4.78 is 13.2. The Kier molecular flexibility index (Phi) is 7.06. The van der Waals surface area contributed by atoms with Crippen LogP contribution in [-0.4, -0.2) is 12.9 Å². The topological polar surface area (TPSA) is 35.5 Å². The van der Waals surface area contributed by atoms with Crippen LogP contribution in [0, 0.1) is 0 Å². The first-order valence-corrected chi connectivity index (χ1v) is 10.2. The Bertz CT molecular complexity index is 995. The second kappa shape index (κ2) is 9.71. The molecule has 0 heterocycles. The van der Waals surface area contributed by atoms with Crippen molar-refractivity contribution >= 4 is 43.7 Å². The Hall–Kier alpha value is -2.37. The zero-order valence-corrected chi connectivity index (χ0v) is 18.4. The van der Waals surface area contributed by atoms with Crippen molar-refractivity contribution in [3.05, 3.63) is 98.4 Å². The average Bonchev–Trinajstić information content (AvgIpc) is 2.72. The second-order valence-electron chi connectivity index (χ2n) is 5.99. The molecule has 0 radical (unpaired) electrons. The van der Waals surface area contributed by atoms with Crippen LogP contribution in [0.4, 0.5) is 0 Å². The third kappa shape index (κ3) is 5.33. The van der Waals surface area contributed by atoms with Crippen LogP contribution in [0.5, 0.6) is 11.5 Å². The van der Waals surface area contributed by atoms with Crippen LogP contribution < -0.4 is 9.47 Å². The van der Waals surface area contributed by atoms with Gasteiger partial charge < -0.3 is 9.47 Å². The molecule has 0 saturated carbocycles. The molecule has 3 rings (SSSR count). The molecule has 0 aromatic heterocycles. The Labute approximate surface area is 181 Å². The minimum atomic E-state index is -0.0469. The van der Waals surface area contributed by atoms with Crippen LogP contribution >= 0.6 is 31.9 Å². The van der Waals surface area contributed by atoms with E-state index in [4.69, 9.17) is 9.47 Å². The predicted octanol–water partition coefficient (Wildman–Crippen LogP) is 6.70. The van der Waals surface area contributed by atoms with Gasteiger partial charge >= 0.3 is 0 Å². The molecule has 5 heteroatoms. The Balaban J connectivity index is 1.75. The molecule has 3 nitrogen and oxygen atoms in total. The fourth-order valence-electron chi connectivity index (χ4n) is 2.61. The molecule has 0 N–H and O–H groups in total. The fourth-order valence-corrected chi connectivity index (χ4v) is 3.28. The maximum atomic E-state index is 12.3. The summed E-state index contributed by atoms with van der Waals surface area (Å²) in [6.45, 7) is 0.355. The van der Waals surface area contributed by atoms with Crippen molar-refractivity contribution in [2.24, 2.45) is 0 Å². The maximum absolute atomic E-state index is 12.3. The van der Waals surface area contributed by atoms with Crippen LogP contribution in [0.2, 0.25) is 0 Å². The molecule has 0 spiro atoms. The summed E-state index contributed by atoms with van der Waals surface area (Å²) in [5, 5.41) is 0. The number of methoxy groups -OCH3 is 1. The molecule has 0 saturated heterocycles. The largest absolute Gasteiger partial charge is 0.496 e. The molecule has 0 fully saturated rings. The lowest BCUT2D eigenvalue weighted by molar-refractivity contribution is 0.104. The number of allylic oxidation sites excluding steroid dienone is 1. The molecule has 28 heavy (non-hydrogen) atoms. The highest BCUT2D eigenvalue weighted by molar-refractivity contribution is 9.10. The van der Waals surface area contributed by atoms with E-state index in [0.29, 0.717) is 12.2 Å². The van der Waals surface area contributed by atoms with E-state index >= 15 is 0 Å². The molecule has 3 aromatic carbocycles. The zero-order chi connectivity index (χ0) is 19.9. The Morgan fingerprint density at radius 3 is 2.43 bits per heavy atom. The smallest absolute Gasteiger partial charge is 0.185 e. The quantitative estimate of drug-likeness (QED) is 0.267. The van der Waals surface area contributed by atoms with Gasteiger partial charge in [0.15, 0.2) is 5.78 Å². The van der Waals surface area contributed by atoms with Gasteiger partial charge in [-0.2, -0.15) is 0 Å².